The average molecular weight is 383 g/mol. The number of rotatable bonds is 3. The van der Waals surface area contributed by atoms with Crippen molar-refractivity contribution < 1.29 is 4.79 Å². The van der Waals surface area contributed by atoms with Crippen LogP contribution >= 0.6 is 0 Å². The van der Waals surface area contributed by atoms with Gasteiger partial charge in [-0.2, -0.15) is 0 Å². The molecule has 28 heavy (non-hydrogen) atoms. The van der Waals surface area contributed by atoms with Gasteiger partial charge in [0.2, 0.25) is 0 Å². The van der Waals surface area contributed by atoms with Crippen molar-refractivity contribution in [2.45, 2.75) is 64.0 Å². The van der Waals surface area contributed by atoms with Crippen LogP contribution < -0.4 is 10.6 Å². The largest absolute Gasteiger partial charge is 0.351 e. The van der Waals surface area contributed by atoms with Gasteiger partial charge in [-0.3, -0.25) is 4.79 Å². The van der Waals surface area contributed by atoms with Crippen LogP contribution in [0.3, 0.4) is 0 Å². The summed E-state index contributed by atoms with van der Waals surface area (Å²) in [5, 5.41) is 7.79. The summed E-state index contributed by atoms with van der Waals surface area (Å²) >= 11 is 0. The highest BCUT2D eigenvalue weighted by Crippen LogP contribution is 2.26. The predicted molar refractivity (Wildman–Crippen MR) is 115 cm³/mol. The zero-order valence-electron chi connectivity index (χ0n) is 17.5. The molecule has 0 saturated carbocycles. The lowest BCUT2D eigenvalue weighted by Gasteiger charge is -2.39. The number of hydrogen-bond donors (Lipinski definition) is 3. The maximum absolute atomic E-state index is 12.8. The highest BCUT2D eigenvalue weighted by Gasteiger charge is 2.27. The van der Waals surface area contributed by atoms with E-state index in [0.29, 0.717) is 5.69 Å². The Kier molecular flexibility index (Phi) is 5.48. The number of H-pyrrole nitrogens is 1. The molecule has 4 rings (SSSR count). The molecule has 2 aliphatic heterocycles. The Balaban J connectivity index is 1.36. The van der Waals surface area contributed by atoms with Crippen molar-refractivity contribution in [3.8, 4) is 0 Å². The highest BCUT2D eigenvalue weighted by atomic mass is 16.1. The fourth-order valence-electron chi connectivity index (χ4n) is 4.56. The molecular weight excluding hydrogens is 348 g/mol. The maximum atomic E-state index is 12.8. The van der Waals surface area contributed by atoms with Crippen LogP contribution in [0.5, 0.6) is 0 Å². The van der Waals surface area contributed by atoms with Crippen LogP contribution in [0, 0.1) is 0 Å². The summed E-state index contributed by atoms with van der Waals surface area (Å²) in [5.41, 5.74) is 3.09. The Morgan fingerprint density at radius 1 is 1.07 bits per heavy atom. The zero-order valence-corrected chi connectivity index (χ0v) is 17.5. The molecular formula is C23H34N4O. The minimum atomic E-state index is 0.0221. The van der Waals surface area contributed by atoms with Gasteiger partial charge in [0, 0.05) is 36.1 Å². The second kappa shape index (κ2) is 7.88. The van der Waals surface area contributed by atoms with Crippen LogP contribution in [-0.4, -0.2) is 54.1 Å². The molecule has 2 fully saturated rings. The number of fused-ring (bicyclic) bond motifs is 1. The van der Waals surface area contributed by atoms with Crippen molar-refractivity contribution >= 4 is 16.8 Å². The third-order valence-corrected chi connectivity index (χ3v) is 6.42. The van der Waals surface area contributed by atoms with Crippen LogP contribution in [0.2, 0.25) is 0 Å². The average Bonchev–Trinajstić information content (AvgIpc) is 3.12. The number of carbonyl (C=O) groups is 1. The van der Waals surface area contributed by atoms with Crippen LogP contribution in [-0.2, 0) is 5.41 Å². The molecule has 5 heteroatoms. The van der Waals surface area contributed by atoms with E-state index in [0.717, 1.165) is 56.0 Å². The zero-order chi connectivity index (χ0) is 19.7. The third kappa shape index (κ3) is 4.26. The smallest absolute Gasteiger partial charge is 0.267 e. The van der Waals surface area contributed by atoms with E-state index in [1.54, 1.807) is 0 Å². The number of piperidine rings is 2. The SMILES string of the molecule is CC(C)(C)c1ccc2cc(C(=O)NC3CCN(C4CCNCC4)CC3)[nH]c2c1. The molecule has 2 aromatic rings. The standard InChI is InChI=1S/C23H34N4O/c1-23(2,3)17-5-4-16-14-21(26-20(16)15-17)22(28)25-18-8-12-27(13-9-18)19-6-10-24-11-7-19/h4-5,14-15,18-19,24,26H,6-13H2,1-3H3,(H,25,28). The molecule has 1 amide bonds. The van der Waals surface area contributed by atoms with Crippen molar-refractivity contribution in [3.63, 3.8) is 0 Å². The minimum Gasteiger partial charge on any atom is -0.351 e. The van der Waals surface area contributed by atoms with Gasteiger partial charge in [-0.25, -0.2) is 0 Å². The van der Waals surface area contributed by atoms with Gasteiger partial charge in [-0.15, -0.1) is 0 Å². The van der Waals surface area contributed by atoms with Crippen LogP contribution in [0.25, 0.3) is 10.9 Å². The van der Waals surface area contributed by atoms with Gasteiger partial charge >= 0.3 is 0 Å². The van der Waals surface area contributed by atoms with E-state index < -0.39 is 0 Å². The van der Waals surface area contributed by atoms with Crippen LogP contribution in [0.1, 0.15) is 62.5 Å². The van der Waals surface area contributed by atoms with Crippen molar-refractivity contribution in [1.82, 2.24) is 20.5 Å². The Morgan fingerprint density at radius 3 is 2.46 bits per heavy atom. The molecule has 0 aliphatic carbocycles. The third-order valence-electron chi connectivity index (χ3n) is 6.42. The minimum absolute atomic E-state index is 0.0221. The lowest BCUT2D eigenvalue weighted by Crippen LogP contribution is -2.50. The number of nitrogens with zero attached hydrogens (tertiary/aromatic N) is 1. The van der Waals surface area contributed by atoms with Gasteiger partial charge in [0.25, 0.3) is 5.91 Å². The van der Waals surface area contributed by atoms with Crippen molar-refractivity contribution in [3.05, 3.63) is 35.5 Å². The number of aromatic amines is 1. The molecule has 0 unspecified atom stereocenters. The second-order valence-electron chi connectivity index (χ2n) is 9.50. The Hall–Kier alpha value is -1.85. The fraction of sp³-hybridized carbons (Fsp3) is 0.609. The molecule has 0 spiro atoms. The number of aromatic nitrogens is 1. The number of likely N-dealkylation sites (tertiary alicyclic amines) is 1. The molecule has 0 radical (unpaired) electrons. The first-order valence-corrected chi connectivity index (χ1v) is 10.8. The lowest BCUT2D eigenvalue weighted by molar-refractivity contribution is 0.0868. The number of hydrogen-bond acceptors (Lipinski definition) is 3. The first kappa shape index (κ1) is 19.5. The van der Waals surface area contributed by atoms with Crippen LogP contribution in [0.15, 0.2) is 24.3 Å². The van der Waals surface area contributed by atoms with Crippen molar-refractivity contribution in [2.24, 2.45) is 0 Å². The van der Waals surface area contributed by atoms with E-state index in [9.17, 15) is 4.79 Å². The molecule has 0 bridgehead atoms. The Labute approximate surface area is 168 Å². The highest BCUT2D eigenvalue weighted by molar-refractivity contribution is 5.98. The van der Waals surface area contributed by atoms with E-state index in [1.165, 1.54) is 18.4 Å². The summed E-state index contributed by atoms with van der Waals surface area (Å²) in [4.78, 5) is 18.7. The van der Waals surface area contributed by atoms with Gasteiger partial charge in [-0.1, -0.05) is 32.9 Å². The van der Waals surface area contributed by atoms with Crippen molar-refractivity contribution in [1.29, 1.82) is 0 Å². The van der Waals surface area contributed by atoms with Gasteiger partial charge in [0.15, 0.2) is 0 Å². The molecule has 0 atom stereocenters. The van der Waals surface area contributed by atoms with Gasteiger partial charge in [0.05, 0.1) is 0 Å². The van der Waals surface area contributed by atoms with E-state index >= 15 is 0 Å². The predicted octanol–water partition coefficient (Wildman–Crippen LogP) is 3.41. The summed E-state index contributed by atoms with van der Waals surface area (Å²) in [6.07, 6.45) is 4.60. The van der Waals surface area contributed by atoms with E-state index in [4.69, 9.17) is 0 Å². The number of carbonyl (C=O) groups excluding carboxylic acids is 1. The summed E-state index contributed by atoms with van der Waals surface area (Å²) < 4.78 is 0. The number of amides is 1. The monoisotopic (exact) mass is 382 g/mol. The number of benzene rings is 1. The van der Waals surface area contributed by atoms with Crippen LogP contribution in [0.4, 0.5) is 0 Å². The molecule has 152 valence electrons. The molecule has 1 aromatic heterocycles. The Bertz CT molecular complexity index is 821. The van der Waals surface area contributed by atoms with E-state index in [2.05, 4.69) is 59.5 Å². The van der Waals surface area contributed by atoms with E-state index in [-0.39, 0.29) is 17.4 Å². The number of nitrogens with one attached hydrogen (secondary N) is 3. The summed E-state index contributed by atoms with van der Waals surface area (Å²) in [7, 11) is 0. The maximum Gasteiger partial charge on any atom is 0.267 e. The summed E-state index contributed by atoms with van der Waals surface area (Å²) in [6, 6.07) is 9.42. The quantitative estimate of drug-likeness (QED) is 0.762. The molecule has 3 heterocycles. The molecule has 2 aliphatic rings. The van der Waals surface area contributed by atoms with Gasteiger partial charge < -0.3 is 20.5 Å². The first-order chi connectivity index (χ1) is 13.4. The topological polar surface area (TPSA) is 60.2 Å². The molecule has 1 aromatic carbocycles. The van der Waals surface area contributed by atoms with Gasteiger partial charge in [0.1, 0.15) is 5.69 Å². The molecule has 5 nitrogen and oxygen atoms in total. The second-order valence-corrected chi connectivity index (χ2v) is 9.50. The van der Waals surface area contributed by atoms with Gasteiger partial charge in [-0.05, 0) is 61.9 Å². The van der Waals surface area contributed by atoms with E-state index in [1.807, 2.05) is 6.07 Å². The molecule has 2 saturated heterocycles. The summed E-state index contributed by atoms with van der Waals surface area (Å²) in [5.74, 6) is 0.0221. The fourth-order valence-corrected chi connectivity index (χ4v) is 4.56. The van der Waals surface area contributed by atoms with Crippen molar-refractivity contribution in [2.75, 3.05) is 26.2 Å². The Morgan fingerprint density at radius 2 is 1.79 bits per heavy atom. The summed E-state index contributed by atoms with van der Waals surface area (Å²) in [6.45, 7) is 11.1. The lowest BCUT2D eigenvalue weighted by atomic mass is 9.87. The molecule has 3 N–H and O–H groups in total. The normalized spacial score (nSPS) is 20.5. The first-order valence-electron chi connectivity index (χ1n) is 10.8.